The highest BCUT2D eigenvalue weighted by molar-refractivity contribution is 5.68. The van der Waals surface area contributed by atoms with Crippen molar-refractivity contribution in [2.75, 3.05) is 18.7 Å². The Morgan fingerprint density at radius 2 is 1.90 bits per heavy atom. The number of hydrogen-bond acceptors (Lipinski definition) is 4. The average molecular weight is 271 g/mol. The lowest BCUT2D eigenvalue weighted by Gasteiger charge is -2.19. The van der Waals surface area contributed by atoms with Gasteiger partial charge in [-0.05, 0) is 18.6 Å². The molecule has 0 radical (unpaired) electrons. The van der Waals surface area contributed by atoms with Gasteiger partial charge in [0.2, 0.25) is 0 Å². The van der Waals surface area contributed by atoms with Crippen LogP contribution >= 0.6 is 0 Å². The summed E-state index contributed by atoms with van der Waals surface area (Å²) in [5.74, 6) is 7.57. The minimum atomic E-state index is 0.754. The lowest BCUT2D eigenvalue weighted by atomic mass is 10.1. The topological polar surface area (TPSA) is 51.4 Å². The SMILES string of the molecule is CCCCN(N)c1ccc(OC)c(-c2ccccc2)n1. The molecule has 2 N–H and O–H groups in total. The van der Waals surface area contributed by atoms with Crippen LogP contribution < -0.4 is 15.6 Å². The van der Waals surface area contributed by atoms with E-state index >= 15 is 0 Å². The van der Waals surface area contributed by atoms with Gasteiger partial charge >= 0.3 is 0 Å². The standard InChI is InChI=1S/C16H21N3O/c1-3-4-12-19(17)15-11-10-14(20-2)16(18-15)13-8-6-5-7-9-13/h5-11H,3-4,12,17H2,1-2H3. The number of aromatic nitrogens is 1. The summed E-state index contributed by atoms with van der Waals surface area (Å²) in [5, 5.41) is 1.69. The van der Waals surface area contributed by atoms with Gasteiger partial charge < -0.3 is 4.74 Å². The molecule has 0 fully saturated rings. The molecule has 4 nitrogen and oxygen atoms in total. The van der Waals surface area contributed by atoms with Crippen molar-refractivity contribution >= 4 is 5.82 Å². The van der Waals surface area contributed by atoms with Crippen LogP contribution in [0.15, 0.2) is 42.5 Å². The fourth-order valence-corrected chi connectivity index (χ4v) is 2.01. The Labute approximate surface area is 120 Å². The lowest BCUT2D eigenvalue weighted by Crippen LogP contribution is -2.32. The Balaban J connectivity index is 2.34. The molecule has 0 bridgehead atoms. The molecular formula is C16H21N3O. The van der Waals surface area contributed by atoms with Crippen LogP contribution in [0.4, 0.5) is 5.82 Å². The number of anilines is 1. The molecule has 1 aromatic heterocycles. The number of benzene rings is 1. The van der Waals surface area contributed by atoms with Gasteiger partial charge in [0.15, 0.2) is 0 Å². The van der Waals surface area contributed by atoms with Crippen molar-refractivity contribution in [2.45, 2.75) is 19.8 Å². The van der Waals surface area contributed by atoms with Crippen LogP contribution in [0.1, 0.15) is 19.8 Å². The number of pyridine rings is 1. The first kappa shape index (κ1) is 14.3. The Hall–Kier alpha value is -2.07. The van der Waals surface area contributed by atoms with Crippen LogP contribution in [-0.2, 0) is 0 Å². The zero-order valence-corrected chi connectivity index (χ0v) is 12.0. The Bertz CT molecular complexity index is 543. The summed E-state index contributed by atoms with van der Waals surface area (Å²) >= 11 is 0. The molecule has 106 valence electrons. The second-order valence-electron chi connectivity index (χ2n) is 4.63. The highest BCUT2D eigenvalue weighted by atomic mass is 16.5. The highest BCUT2D eigenvalue weighted by Crippen LogP contribution is 2.29. The monoisotopic (exact) mass is 271 g/mol. The lowest BCUT2D eigenvalue weighted by molar-refractivity contribution is 0.415. The summed E-state index contributed by atoms with van der Waals surface area (Å²) in [4.78, 5) is 4.64. The minimum absolute atomic E-state index is 0.754. The summed E-state index contributed by atoms with van der Waals surface area (Å²) in [6, 6.07) is 13.8. The molecule has 0 spiro atoms. The maximum atomic E-state index is 6.05. The third-order valence-electron chi connectivity index (χ3n) is 3.16. The molecule has 0 saturated heterocycles. The average Bonchev–Trinajstić information content (AvgIpc) is 2.52. The fourth-order valence-electron chi connectivity index (χ4n) is 2.01. The van der Waals surface area contributed by atoms with E-state index < -0.39 is 0 Å². The molecule has 4 heteroatoms. The van der Waals surface area contributed by atoms with Crippen molar-refractivity contribution in [2.24, 2.45) is 5.84 Å². The number of nitrogens with zero attached hydrogens (tertiary/aromatic N) is 2. The summed E-state index contributed by atoms with van der Waals surface area (Å²) in [7, 11) is 1.65. The Morgan fingerprint density at radius 1 is 1.15 bits per heavy atom. The normalized spacial score (nSPS) is 10.3. The van der Waals surface area contributed by atoms with Crippen LogP contribution in [-0.4, -0.2) is 18.6 Å². The summed E-state index contributed by atoms with van der Waals surface area (Å²) < 4.78 is 5.39. The van der Waals surface area contributed by atoms with Crippen molar-refractivity contribution in [3.05, 3.63) is 42.5 Å². The van der Waals surface area contributed by atoms with Gasteiger partial charge in [0.05, 0.1) is 7.11 Å². The highest BCUT2D eigenvalue weighted by Gasteiger charge is 2.11. The zero-order chi connectivity index (χ0) is 14.4. The molecule has 0 atom stereocenters. The molecule has 20 heavy (non-hydrogen) atoms. The van der Waals surface area contributed by atoms with Crippen molar-refractivity contribution in [3.63, 3.8) is 0 Å². The van der Waals surface area contributed by atoms with E-state index in [0.717, 1.165) is 42.2 Å². The van der Waals surface area contributed by atoms with Gasteiger partial charge in [0.1, 0.15) is 17.3 Å². The first-order valence-electron chi connectivity index (χ1n) is 6.89. The summed E-state index contributed by atoms with van der Waals surface area (Å²) in [5.41, 5.74) is 1.84. The Kier molecular flexibility index (Phi) is 4.96. The van der Waals surface area contributed by atoms with E-state index in [1.807, 2.05) is 42.5 Å². The largest absolute Gasteiger partial charge is 0.494 e. The molecule has 0 saturated carbocycles. The first-order valence-corrected chi connectivity index (χ1v) is 6.89. The minimum Gasteiger partial charge on any atom is -0.494 e. The van der Waals surface area contributed by atoms with Crippen molar-refractivity contribution in [3.8, 4) is 17.0 Å². The third-order valence-corrected chi connectivity index (χ3v) is 3.16. The molecule has 0 unspecified atom stereocenters. The summed E-state index contributed by atoms with van der Waals surface area (Å²) in [6.45, 7) is 2.94. The molecule has 2 aromatic rings. The fraction of sp³-hybridized carbons (Fsp3) is 0.312. The first-order chi connectivity index (χ1) is 9.76. The van der Waals surface area contributed by atoms with Gasteiger partial charge in [0, 0.05) is 12.1 Å². The number of hydrogen-bond donors (Lipinski definition) is 1. The van der Waals surface area contributed by atoms with E-state index in [2.05, 4.69) is 11.9 Å². The third kappa shape index (κ3) is 3.27. The van der Waals surface area contributed by atoms with Crippen LogP contribution in [0.5, 0.6) is 5.75 Å². The predicted molar refractivity (Wildman–Crippen MR) is 82.7 cm³/mol. The second-order valence-corrected chi connectivity index (χ2v) is 4.63. The van der Waals surface area contributed by atoms with Crippen molar-refractivity contribution in [1.82, 2.24) is 4.98 Å². The number of methoxy groups -OCH3 is 1. The molecule has 0 aliphatic heterocycles. The van der Waals surface area contributed by atoms with Gasteiger partial charge in [-0.2, -0.15) is 0 Å². The van der Waals surface area contributed by atoms with E-state index in [9.17, 15) is 0 Å². The number of hydrazine groups is 1. The number of unbranched alkanes of at least 4 members (excludes halogenated alkanes) is 1. The smallest absolute Gasteiger partial charge is 0.145 e. The van der Waals surface area contributed by atoms with Crippen molar-refractivity contribution < 1.29 is 4.74 Å². The molecule has 0 aliphatic carbocycles. The second kappa shape index (κ2) is 6.91. The van der Waals surface area contributed by atoms with E-state index in [0.29, 0.717) is 0 Å². The van der Waals surface area contributed by atoms with Gasteiger partial charge in [-0.15, -0.1) is 0 Å². The molecule has 1 aromatic carbocycles. The van der Waals surface area contributed by atoms with Gasteiger partial charge in [-0.3, -0.25) is 5.01 Å². The molecule has 0 amide bonds. The van der Waals surface area contributed by atoms with Crippen LogP contribution in [0.2, 0.25) is 0 Å². The number of ether oxygens (including phenoxy) is 1. The maximum absolute atomic E-state index is 6.05. The van der Waals surface area contributed by atoms with Crippen LogP contribution in [0.25, 0.3) is 11.3 Å². The van der Waals surface area contributed by atoms with E-state index in [4.69, 9.17) is 10.6 Å². The van der Waals surface area contributed by atoms with Crippen molar-refractivity contribution in [1.29, 1.82) is 0 Å². The van der Waals surface area contributed by atoms with Gasteiger partial charge in [-0.25, -0.2) is 10.8 Å². The number of nitrogens with two attached hydrogens (primary N) is 1. The van der Waals surface area contributed by atoms with Crippen LogP contribution in [0, 0.1) is 0 Å². The number of rotatable bonds is 6. The molecular weight excluding hydrogens is 250 g/mol. The predicted octanol–water partition coefficient (Wildman–Crippen LogP) is 3.24. The maximum Gasteiger partial charge on any atom is 0.145 e. The Morgan fingerprint density at radius 3 is 2.55 bits per heavy atom. The summed E-state index contributed by atoms with van der Waals surface area (Å²) in [6.07, 6.45) is 2.15. The van der Waals surface area contributed by atoms with E-state index in [1.165, 1.54) is 0 Å². The quantitative estimate of drug-likeness (QED) is 0.647. The zero-order valence-electron chi connectivity index (χ0n) is 12.0. The molecule has 0 aliphatic rings. The molecule has 2 rings (SSSR count). The van der Waals surface area contributed by atoms with E-state index in [-0.39, 0.29) is 0 Å². The van der Waals surface area contributed by atoms with Gasteiger partial charge in [-0.1, -0.05) is 43.7 Å². The van der Waals surface area contributed by atoms with Gasteiger partial charge in [0.25, 0.3) is 0 Å². The molecule has 1 heterocycles. The van der Waals surface area contributed by atoms with Crippen LogP contribution in [0.3, 0.4) is 0 Å². The van der Waals surface area contributed by atoms with E-state index in [1.54, 1.807) is 12.1 Å².